The summed E-state index contributed by atoms with van der Waals surface area (Å²) >= 11 is 8.24. The summed E-state index contributed by atoms with van der Waals surface area (Å²) in [7, 11) is 2.11. The van der Waals surface area contributed by atoms with Crippen LogP contribution in [0.15, 0.2) is 0 Å². The summed E-state index contributed by atoms with van der Waals surface area (Å²) in [6.45, 7) is 10.1. The molecule has 1 aliphatic heterocycles. The first-order chi connectivity index (χ1) is 10.8. The molecule has 1 saturated heterocycles. The van der Waals surface area contributed by atoms with Crippen LogP contribution in [0.1, 0.15) is 25.8 Å². The molecule has 6 nitrogen and oxygen atoms in total. The number of likely N-dealkylation sites (N-methyl/N-ethyl adjacent to an activating group) is 1. The number of amides is 1. The van der Waals surface area contributed by atoms with Crippen molar-refractivity contribution < 1.29 is 4.79 Å². The summed E-state index contributed by atoms with van der Waals surface area (Å²) < 4.78 is 0.792. The van der Waals surface area contributed by atoms with Gasteiger partial charge in [0.15, 0.2) is 0 Å². The van der Waals surface area contributed by atoms with Crippen LogP contribution < -0.4 is 5.32 Å². The van der Waals surface area contributed by atoms with Gasteiger partial charge in [0, 0.05) is 31.6 Å². The van der Waals surface area contributed by atoms with Crippen molar-refractivity contribution in [2.45, 2.75) is 26.2 Å². The molecular weight excluding hydrogens is 350 g/mol. The maximum atomic E-state index is 12.0. The molecule has 0 unspecified atom stereocenters. The second kappa shape index (κ2) is 7.87. The second-order valence-electron chi connectivity index (χ2n) is 6.56. The number of piperazine rings is 1. The standard InChI is InChI=1S/C14H23N5OS3/c1-14(2,3)11-16-17-12(23-11)15-10(20)9-22-13(21)19-7-5-18(4)6-8-19/h5-9H2,1-4H3,(H,15,17,20). The first kappa shape index (κ1) is 18.6. The molecule has 2 rings (SSSR count). The van der Waals surface area contributed by atoms with Gasteiger partial charge in [-0.15, -0.1) is 10.2 Å². The van der Waals surface area contributed by atoms with Crippen LogP contribution in [0.25, 0.3) is 0 Å². The first-order valence-corrected chi connectivity index (χ1v) is 9.71. The molecule has 1 aromatic rings. The number of thioether (sulfide) groups is 1. The minimum atomic E-state index is -0.0944. The molecule has 1 fully saturated rings. The van der Waals surface area contributed by atoms with E-state index >= 15 is 0 Å². The predicted octanol–water partition coefficient (Wildman–Crippen LogP) is 2.04. The number of carbonyl (C=O) groups excluding carboxylic acids is 1. The number of carbonyl (C=O) groups is 1. The van der Waals surface area contributed by atoms with Crippen molar-refractivity contribution in [1.82, 2.24) is 20.0 Å². The van der Waals surface area contributed by atoms with Crippen molar-refractivity contribution in [3.63, 3.8) is 0 Å². The molecule has 1 amide bonds. The van der Waals surface area contributed by atoms with Crippen molar-refractivity contribution in [3.05, 3.63) is 5.01 Å². The van der Waals surface area contributed by atoms with Gasteiger partial charge in [0.25, 0.3) is 0 Å². The Kier molecular flexibility index (Phi) is 6.35. The molecule has 0 aliphatic carbocycles. The number of nitrogens with one attached hydrogen (secondary N) is 1. The molecule has 0 saturated carbocycles. The lowest BCUT2D eigenvalue weighted by atomic mass is 9.98. The smallest absolute Gasteiger partial charge is 0.236 e. The fourth-order valence-corrected chi connectivity index (χ4v) is 3.81. The lowest BCUT2D eigenvalue weighted by Crippen LogP contribution is -2.46. The van der Waals surface area contributed by atoms with E-state index < -0.39 is 0 Å². The van der Waals surface area contributed by atoms with E-state index in [-0.39, 0.29) is 11.3 Å². The zero-order valence-electron chi connectivity index (χ0n) is 14.0. The molecule has 0 radical (unpaired) electrons. The van der Waals surface area contributed by atoms with E-state index in [1.54, 1.807) is 0 Å². The number of thiocarbonyl (C=S) groups is 1. The van der Waals surface area contributed by atoms with Gasteiger partial charge in [-0.05, 0) is 7.05 Å². The van der Waals surface area contributed by atoms with E-state index in [0.717, 1.165) is 35.5 Å². The Morgan fingerprint density at radius 1 is 1.30 bits per heavy atom. The largest absolute Gasteiger partial charge is 0.355 e. The number of aromatic nitrogens is 2. The van der Waals surface area contributed by atoms with Gasteiger partial charge in [0.1, 0.15) is 9.33 Å². The number of anilines is 1. The van der Waals surface area contributed by atoms with Crippen LogP contribution in [0.3, 0.4) is 0 Å². The fraction of sp³-hybridized carbons (Fsp3) is 0.714. The van der Waals surface area contributed by atoms with Gasteiger partial charge < -0.3 is 9.80 Å². The zero-order valence-corrected chi connectivity index (χ0v) is 16.4. The summed E-state index contributed by atoms with van der Waals surface area (Å²) in [5, 5.41) is 12.4. The minimum absolute atomic E-state index is 0.0572. The highest BCUT2D eigenvalue weighted by Gasteiger charge is 2.21. The Bertz CT molecular complexity index is 561. The minimum Gasteiger partial charge on any atom is -0.355 e. The van der Waals surface area contributed by atoms with Crippen LogP contribution in [0.4, 0.5) is 5.13 Å². The van der Waals surface area contributed by atoms with E-state index in [2.05, 4.69) is 53.1 Å². The quantitative estimate of drug-likeness (QED) is 0.814. The Labute approximate surface area is 151 Å². The Balaban J connectivity index is 1.77. The van der Waals surface area contributed by atoms with E-state index in [4.69, 9.17) is 12.2 Å². The van der Waals surface area contributed by atoms with Crippen LogP contribution in [0.5, 0.6) is 0 Å². The number of hydrogen-bond acceptors (Lipinski definition) is 7. The van der Waals surface area contributed by atoms with Crippen LogP contribution in [-0.2, 0) is 10.2 Å². The topological polar surface area (TPSA) is 61.4 Å². The van der Waals surface area contributed by atoms with Gasteiger partial charge in [-0.2, -0.15) is 0 Å². The Morgan fingerprint density at radius 2 is 1.96 bits per heavy atom. The van der Waals surface area contributed by atoms with Crippen LogP contribution >= 0.6 is 35.3 Å². The van der Waals surface area contributed by atoms with Crippen molar-refractivity contribution in [3.8, 4) is 0 Å². The Morgan fingerprint density at radius 3 is 2.52 bits per heavy atom. The average Bonchev–Trinajstić information content (AvgIpc) is 2.94. The summed E-state index contributed by atoms with van der Waals surface area (Å²) in [6, 6.07) is 0. The van der Waals surface area contributed by atoms with Crippen molar-refractivity contribution in [2.75, 3.05) is 44.3 Å². The maximum Gasteiger partial charge on any atom is 0.236 e. The van der Waals surface area contributed by atoms with Crippen molar-refractivity contribution in [1.29, 1.82) is 0 Å². The summed E-state index contributed by atoms with van der Waals surface area (Å²) in [5.74, 6) is 0.207. The highest BCUT2D eigenvalue weighted by atomic mass is 32.2. The first-order valence-electron chi connectivity index (χ1n) is 7.50. The molecule has 0 spiro atoms. The molecule has 0 atom stereocenters. The number of rotatable bonds is 3. The molecule has 9 heteroatoms. The van der Waals surface area contributed by atoms with Gasteiger partial charge in [0.2, 0.25) is 11.0 Å². The molecule has 1 aliphatic rings. The number of hydrogen-bond donors (Lipinski definition) is 1. The van der Waals surface area contributed by atoms with Crippen LogP contribution in [0, 0.1) is 0 Å². The molecule has 1 N–H and O–H groups in total. The summed E-state index contributed by atoms with van der Waals surface area (Å²) in [4.78, 5) is 16.5. The third-order valence-corrected chi connectivity index (χ3v) is 6.19. The van der Waals surface area contributed by atoms with Gasteiger partial charge >= 0.3 is 0 Å². The molecule has 0 aromatic carbocycles. The SMILES string of the molecule is CN1CCN(C(=S)SCC(=O)Nc2nnc(C(C)(C)C)s2)CC1. The molecule has 2 heterocycles. The molecular formula is C14H23N5OS3. The molecule has 23 heavy (non-hydrogen) atoms. The van der Waals surface area contributed by atoms with Crippen LogP contribution in [0.2, 0.25) is 0 Å². The van der Waals surface area contributed by atoms with Gasteiger partial charge in [-0.25, -0.2) is 0 Å². The summed E-state index contributed by atoms with van der Waals surface area (Å²) in [5.41, 5.74) is -0.0572. The average molecular weight is 374 g/mol. The highest BCUT2D eigenvalue weighted by Crippen LogP contribution is 2.27. The van der Waals surface area contributed by atoms with Crippen LogP contribution in [-0.4, -0.2) is 69.2 Å². The molecule has 1 aromatic heterocycles. The third kappa shape index (κ3) is 5.66. The Hall–Kier alpha value is -0.770. The van der Waals surface area contributed by atoms with E-state index in [0.29, 0.717) is 10.9 Å². The van der Waals surface area contributed by atoms with Crippen molar-refractivity contribution in [2.24, 2.45) is 0 Å². The van der Waals surface area contributed by atoms with Crippen molar-refractivity contribution >= 4 is 50.7 Å². The van der Waals surface area contributed by atoms with E-state index in [1.807, 2.05) is 0 Å². The van der Waals surface area contributed by atoms with Gasteiger partial charge in [0.05, 0.1) is 5.75 Å². The maximum absolute atomic E-state index is 12.0. The molecule has 128 valence electrons. The summed E-state index contributed by atoms with van der Waals surface area (Å²) in [6.07, 6.45) is 0. The zero-order chi connectivity index (χ0) is 17.0. The normalized spacial score (nSPS) is 16.4. The van der Waals surface area contributed by atoms with E-state index in [9.17, 15) is 4.79 Å². The van der Waals surface area contributed by atoms with Gasteiger partial charge in [-0.1, -0.05) is 56.1 Å². The van der Waals surface area contributed by atoms with Gasteiger partial charge in [-0.3, -0.25) is 10.1 Å². The second-order valence-corrected chi connectivity index (χ2v) is 9.14. The number of nitrogens with zero attached hydrogens (tertiary/aromatic N) is 4. The highest BCUT2D eigenvalue weighted by molar-refractivity contribution is 8.23. The fourth-order valence-electron chi connectivity index (χ4n) is 1.94. The third-order valence-electron chi connectivity index (χ3n) is 3.40. The molecule has 0 bridgehead atoms. The predicted molar refractivity (Wildman–Crippen MR) is 101 cm³/mol. The monoisotopic (exact) mass is 373 g/mol. The lowest BCUT2D eigenvalue weighted by molar-refractivity contribution is -0.113. The lowest BCUT2D eigenvalue weighted by Gasteiger charge is -2.33. The van der Waals surface area contributed by atoms with E-state index in [1.165, 1.54) is 23.1 Å².